The third-order valence-corrected chi connectivity index (χ3v) is 3.88. The number of amides is 2. The lowest BCUT2D eigenvalue weighted by Gasteiger charge is -2.11. The molecule has 2 amide bonds. The molecule has 0 aliphatic heterocycles. The minimum absolute atomic E-state index is 0.205. The quantitative estimate of drug-likeness (QED) is 0.781. The molecule has 2 aromatic rings. The Kier molecular flexibility index (Phi) is 6.49. The summed E-state index contributed by atoms with van der Waals surface area (Å²) in [6, 6.07) is 11.9. The van der Waals surface area contributed by atoms with Crippen molar-refractivity contribution in [1.29, 1.82) is 0 Å². The van der Waals surface area contributed by atoms with E-state index in [0.29, 0.717) is 11.3 Å². The average Bonchev–Trinajstić information content (AvgIpc) is 2.62. The Morgan fingerprint density at radius 2 is 1.73 bits per heavy atom. The molecule has 0 unspecified atom stereocenters. The van der Waals surface area contributed by atoms with E-state index in [0.717, 1.165) is 11.1 Å². The number of hydrogen-bond acceptors (Lipinski definition) is 4. The number of aryl methyl sites for hydroxylation is 2. The molecule has 0 saturated carbocycles. The van der Waals surface area contributed by atoms with Gasteiger partial charge in [-0.25, -0.2) is 4.79 Å². The van der Waals surface area contributed by atoms with Gasteiger partial charge in [-0.05, 0) is 56.2 Å². The lowest BCUT2D eigenvalue weighted by atomic mass is 10.1. The summed E-state index contributed by atoms with van der Waals surface area (Å²) < 4.78 is 4.97. The third kappa shape index (κ3) is 4.92. The summed E-state index contributed by atoms with van der Waals surface area (Å²) in [5.74, 6) is -1.27. The molecule has 6 nitrogen and oxygen atoms in total. The number of rotatable bonds is 6. The van der Waals surface area contributed by atoms with Gasteiger partial charge in [0.1, 0.15) is 0 Å². The fraction of sp³-hybridized carbons (Fsp3) is 0.250. The summed E-state index contributed by atoms with van der Waals surface area (Å²) in [6.45, 7) is 5.63. The van der Waals surface area contributed by atoms with Crippen LogP contribution in [0.15, 0.2) is 42.5 Å². The third-order valence-electron chi connectivity index (χ3n) is 3.88. The topological polar surface area (TPSA) is 84.5 Å². The molecule has 2 N–H and O–H groups in total. The zero-order valence-corrected chi connectivity index (χ0v) is 15.1. The number of ether oxygens (including phenoxy) is 1. The molecule has 0 bridgehead atoms. The number of carbonyl (C=O) groups excluding carboxylic acids is 3. The van der Waals surface area contributed by atoms with Crippen LogP contribution in [0.1, 0.15) is 38.8 Å². The second-order valence-electron chi connectivity index (χ2n) is 5.80. The van der Waals surface area contributed by atoms with Crippen molar-refractivity contribution in [2.45, 2.75) is 20.8 Å². The van der Waals surface area contributed by atoms with E-state index in [-0.39, 0.29) is 24.6 Å². The molecule has 0 aromatic heterocycles. The Bertz CT molecular complexity index is 830. The van der Waals surface area contributed by atoms with Crippen LogP contribution in [0, 0.1) is 13.8 Å². The van der Waals surface area contributed by atoms with Crippen molar-refractivity contribution >= 4 is 23.5 Å². The lowest BCUT2D eigenvalue weighted by molar-refractivity contribution is -0.115. The molecule has 0 aliphatic carbocycles. The summed E-state index contributed by atoms with van der Waals surface area (Å²) >= 11 is 0. The summed E-state index contributed by atoms with van der Waals surface area (Å²) in [4.78, 5) is 36.2. The van der Waals surface area contributed by atoms with E-state index in [1.54, 1.807) is 43.3 Å². The number of hydrogen-bond donors (Lipinski definition) is 2. The highest BCUT2D eigenvalue weighted by atomic mass is 16.5. The molecule has 0 radical (unpaired) electrons. The highest BCUT2D eigenvalue weighted by molar-refractivity contribution is 6.03. The van der Waals surface area contributed by atoms with E-state index in [2.05, 4.69) is 10.6 Å². The van der Waals surface area contributed by atoms with Crippen LogP contribution in [0.25, 0.3) is 0 Å². The Morgan fingerprint density at radius 1 is 1.00 bits per heavy atom. The Balaban J connectivity index is 1.98. The van der Waals surface area contributed by atoms with E-state index in [1.165, 1.54) is 0 Å². The van der Waals surface area contributed by atoms with Crippen molar-refractivity contribution in [2.75, 3.05) is 18.5 Å². The fourth-order valence-electron chi connectivity index (χ4n) is 2.32. The van der Waals surface area contributed by atoms with Crippen LogP contribution in [0.5, 0.6) is 0 Å². The minimum atomic E-state index is -0.512. The first-order valence-electron chi connectivity index (χ1n) is 8.33. The first-order valence-corrected chi connectivity index (χ1v) is 8.33. The minimum Gasteiger partial charge on any atom is -0.462 e. The zero-order valence-electron chi connectivity index (χ0n) is 15.1. The monoisotopic (exact) mass is 354 g/mol. The molecular formula is C20H22N2O4. The molecule has 2 rings (SSSR count). The second-order valence-corrected chi connectivity index (χ2v) is 5.80. The lowest BCUT2D eigenvalue weighted by Crippen LogP contribution is -2.33. The molecule has 0 spiro atoms. The highest BCUT2D eigenvalue weighted by Crippen LogP contribution is 2.16. The van der Waals surface area contributed by atoms with E-state index in [4.69, 9.17) is 4.74 Å². The second kappa shape index (κ2) is 8.80. The molecular weight excluding hydrogens is 332 g/mol. The molecule has 0 heterocycles. The van der Waals surface area contributed by atoms with Crippen molar-refractivity contribution in [3.8, 4) is 0 Å². The maximum atomic E-state index is 12.2. The van der Waals surface area contributed by atoms with Gasteiger partial charge < -0.3 is 15.4 Å². The van der Waals surface area contributed by atoms with Gasteiger partial charge in [0.25, 0.3) is 5.91 Å². The number of carbonyl (C=O) groups is 3. The maximum absolute atomic E-state index is 12.2. The fourth-order valence-corrected chi connectivity index (χ4v) is 2.32. The zero-order chi connectivity index (χ0) is 19.1. The van der Waals surface area contributed by atoms with Gasteiger partial charge in [-0.1, -0.05) is 18.2 Å². The van der Waals surface area contributed by atoms with Gasteiger partial charge in [0.15, 0.2) is 0 Å². The SMILES string of the molecule is CCOC(=O)c1ccccc1NC(=O)CNC(=O)c1ccc(C)c(C)c1. The summed E-state index contributed by atoms with van der Waals surface area (Å²) in [5, 5.41) is 5.20. The molecule has 6 heteroatoms. The molecule has 2 aromatic carbocycles. The van der Waals surface area contributed by atoms with Gasteiger partial charge in [0.05, 0.1) is 24.4 Å². The van der Waals surface area contributed by atoms with Crippen molar-refractivity contribution in [1.82, 2.24) is 5.32 Å². The number of benzene rings is 2. The molecule has 0 fully saturated rings. The summed E-state index contributed by atoms with van der Waals surface area (Å²) in [6.07, 6.45) is 0. The Morgan fingerprint density at radius 3 is 2.42 bits per heavy atom. The predicted octanol–water partition coefficient (Wildman–Crippen LogP) is 2.85. The number of para-hydroxylation sites is 1. The van der Waals surface area contributed by atoms with Crippen LogP contribution in [0.2, 0.25) is 0 Å². The van der Waals surface area contributed by atoms with Gasteiger partial charge in [0.2, 0.25) is 5.91 Å². The molecule has 136 valence electrons. The predicted molar refractivity (Wildman–Crippen MR) is 99.3 cm³/mol. The summed E-state index contributed by atoms with van der Waals surface area (Å²) in [5.41, 5.74) is 3.20. The van der Waals surface area contributed by atoms with Crippen molar-refractivity contribution in [2.24, 2.45) is 0 Å². The average molecular weight is 354 g/mol. The number of esters is 1. The van der Waals surface area contributed by atoms with Crippen LogP contribution in [0.3, 0.4) is 0 Å². The van der Waals surface area contributed by atoms with Crippen LogP contribution in [-0.2, 0) is 9.53 Å². The molecule has 0 atom stereocenters. The van der Waals surface area contributed by atoms with Crippen LogP contribution in [0.4, 0.5) is 5.69 Å². The smallest absolute Gasteiger partial charge is 0.340 e. The van der Waals surface area contributed by atoms with Gasteiger partial charge in [-0.15, -0.1) is 0 Å². The number of nitrogens with one attached hydrogen (secondary N) is 2. The largest absolute Gasteiger partial charge is 0.462 e. The molecule has 0 saturated heterocycles. The highest BCUT2D eigenvalue weighted by Gasteiger charge is 2.14. The standard InChI is InChI=1S/C20H22N2O4/c1-4-26-20(25)16-7-5-6-8-17(16)22-18(23)12-21-19(24)15-10-9-13(2)14(3)11-15/h5-11H,4,12H2,1-3H3,(H,21,24)(H,22,23). The van der Waals surface area contributed by atoms with E-state index in [9.17, 15) is 14.4 Å². The first-order chi connectivity index (χ1) is 12.4. The normalized spacial score (nSPS) is 10.1. The van der Waals surface area contributed by atoms with Crippen molar-refractivity contribution < 1.29 is 19.1 Å². The molecule has 0 aliphatic rings. The maximum Gasteiger partial charge on any atom is 0.340 e. The van der Waals surface area contributed by atoms with Crippen molar-refractivity contribution in [3.63, 3.8) is 0 Å². The van der Waals surface area contributed by atoms with E-state index in [1.807, 2.05) is 19.9 Å². The molecule has 26 heavy (non-hydrogen) atoms. The van der Waals surface area contributed by atoms with Gasteiger partial charge >= 0.3 is 5.97 Å². The van der Waals surface area contributed by atoms with Crippen molar-refractivity contribution in [3.05, 3.63) is 64.7 Å². The Hall–Kier alpha value is -3.15. The van der Waals surface area contributed by atoms with Gasteiger partial charge in [0, 0.05) is 5.56 Å². The van der Waals surface area contributed by atoms with Gasteiger partial charge in [-0.3, -0.25) is 9.59 Å². The van der Waals surface area contributed by atoms with Crippen LogP contribution < -0.4 is 10.6 Å². The number of anilines is 1. The van der Waals surface area contributed by atoms with E-state index >= 15 is 0 Å². The van der Waals surface area contributed by atoms with E-state index < -0.39 is 11.9 Å². The van der Waals surface area contributed by atoms with Crippen LogP contribution >= 0.6 is 0 Å². The summed E-state index contributed by atoms with van der Waals surface area (Å²) in [7, 11) is 0. The first kappa shape index (κ1) is 19.2. The van der Waals surface area contributed by atoms with Gasteiger partial charge in [-0.2, -0.15) is 0 Å². The van der Waals surface area contributed by atoms with Crippen LogP contribution in [-0.4, -0.2) is 30.9 Å². The Labute approximate surface area is 152 Å².